The molecule has 0 aromatic carbocycles. The summed E-state index contributed by atoms with van der Waals surface area (Å²) in [5.41, 5.74) is 4.70. The molecule has 0 heterocycles. The van der Waals surface area contributed by atoms with E-state index in [0.717, 1.165) is 5.92 Å². The first-order valence-electron chi connectivity index (χ1n) is 3.96. The van der Waals surface area contributed by atoms with Gasteiger partial charge < -0.3 is 0 Å². The maximum atomic E-state index is 4.13. The molecule has 0 aliphatic heterocycles. The van der Waals surface area contributed by atoms with Crippen LogP contribution in [0.15, 0.2) is 35.5 Å². The number of hydrogen-bond donors (Lipinski definition) is 0. The van der Waals surface area contributed by atoms with E-state index in [2.05, 4.69) is 18.7 Å². The molecule has 5 rings (SSSR count). The lowest BCUT2D eigenvalue weighted by Crippen LogP contribution is -2.32. The molecule has 0 saturated heterocycles. The van der Waals surface area contributed by atoms with Gasteiger partial charge in [0.25, 0.3) is 0 Å². The van der Waals surface area contributed by atoms with E-state index in [1.807, 2.05) is 0 Å². The molecule has 0 aromatic rings. The summed E-state index contributed by atoms with van der Waals surface area (Å²) < 4.78 is 0. The second-order valence-electron chi connectivity index (χ2n) is 3.54. The van der Waals surface area contributed by atoms with Crippen LogP contribution >= 0.6 is 0 Å². The number of rotatable bonds is 0. The summed E-state index contributed by atoms with van der Waals surface area (Å²) in [5.74, 6) is 1.49. The molecule has 0 amide bonds. The molecular weight excluding hydrogens is 120 g/mol. The quantitative estimate of drug-likeness (QED) is 0.442. The third kappa shape index (κ3) is 0.351. The maximum absolute atomic E-state index is 4.13. The van der Waals surface area contributed by atoms with Gasteiger partial charge in [-0.2, -0.15) is 0 Å². The van der Waals surface area contributed by atoms with Crippen molar-refractivity contribution in [3.63, 3.8) is 0 Å². The van der Waals surface area contributed by atoms with Gasteiger partial charge in [-0.15, -0.1) is 0 Å². The molecule has 5 aliphatic carbocycles. The molecular formula is C10H10. The highest BCUT2D eigenvalue weighted by molar-refractivity contribution is 5.57. The standard InChI is InChI=1S/C10H10/c1-6-7-2-3-9-8(4-7)5-10(6)9/h3,5,7,10H,1-2,4H2. The van der Waals surface area contributed by atoms with Crippen LogP contribution in [0.1, 0.15) is 12.8 Å². The van der Waals surface area contributed by atoms with Gasteiger partial charge in [0.05, 0.1) is 0 Å². The van der Waals surface area contributed by atoms with E-state index < -0.39 is 0 Å². The minimum atomic E-state index is 0.683. The lowest BCUT2D eigenvalue weighted by atomic mass is 9.59. The predicted octanol–water partition coefficient (Wildman–Crippen LogP) is 2.45. The van der Waals surface area contributed by atoms with Crippen LogP contribution in [0.2, 0.25) is 0 Å². The first-order valence-corrected chi connectivity index (χ1v) is 3.96. The first kappa shape index (κ1) is 4.95. The molecule has 0 spiro atoms. The van der Waals surface area contributed by atoms with E-state index in [1.165, 1.54) is 18.4 Å². The topological polar surface area (TPSA) is 0 Å². The van der Waals surface area contributed by atoms with Gasteiger partial charge in [0, 0.05) is 5.92 Å². The minimum absolute atomic E-state index is 0.683. The Morgan fingerprint density at radius 2 is 2.40 bits per heavy atom. The first-order chi connectivity index (χ1) is 4.86. The van der Waals surface area contributed by atoms with Crippen molar-refractivity contribution < 1.29 is 0 Å². The van der Waals surface area contributed by atoms with Crippen molar-refractivity contribution in [1.29, 1.82) is 0 Å². The molecule has 0 N–H and O–H groups in total. The van der Waals surface area contributed by atoms with E-state index >= 15 is 0 Å². The normalized spacial score (nSPS) is 40.6. The molecule has 1 fully saturated rings. The summed E-state index contributed by atoms with van der Waals surface area (Å²) in [6, 6.07) is 0. The second kappa shape index (κ2) is 1.29. The smallest absolute Gasteiger partial charge is 0.0233 e. The highest BCUT2D eigenvalue weighted by Crippen LogP contribution is 2.54. The van der Waals surface area contributed by atoms with Crippen molar-refractivity contribution in [1.82, 2.24) is 0 Å². The Bertz CT molecular complexity index is 278. The van der Waals surface area contributed by atoms with Crippen molar-refractivity contribution in [2.75, 3.05) is 0 Å². The van der Waals surface area contributed by atoms with E-state index in [1.54, 1.807) is 11.1 Å². The highest BCUT2D eigenvalue weighted by atomic mass is 14.4. The van der Waals surface area contributed by atoms with Gasteiger partial charge >= 0.3 is 0 Å². The fourth-order valence-corrected chi connectivity index (χ4v) is 2.40. The fraction of sp³-hybridized carbons (Fsp3) is 0.400. The Morgan fingerprint density at radius 3 is 2.80 bits per heavy atom. The molecule has 0 heteroatoms. The summed E-state index contributed by atoms with van der Waals surface area (Å²) >= 11 is 0. The molecule has 2 atom stereocenters. The van der Waals surface area contributed by atoms with Crippen LogP contribution in [0.3, 0.4) is 0 Å². The molecule has 2 unspecified atom stereocenters. The van der Waals surface area contributed by atoms with Crippen LogP contribution < -0.4 is 0 Å². The Labute approximate surface area is 60.9 Å². The maximum Gasteiger partial charge on any atom is 0.0233 e. The molecule has 0 radical (unpaired) electrons. The van der Waals surface area contributed by atoms with Crippen LogP contribution in [0, 0.1) is 11.8 Å². The SMILES string of the molecule is C=C1C2CC=C3C(=CC13)C2. The number of allylic oxidation sites excluding steroid dienone is 5. The second-order valence-corrected chi connectivity index (χ2v) is 3.54. The molecule has 4 bridgehead atoms. The number of fused-ring (bicyclic) bond motifs is 1. The monoisotopic (exact) mass is 130 g/mol. The van der Waals surface area contributed by atoms with E-state index in [9.17, 15) is 0 Å². The molecule has 50 valence electrons. The van der Waals surface area contributed by atoms with Gasteiger partial charge in [-0.25, -0.2) is 0 Å². The predicted molar refractivity (Wildman–Crippen MR) is 41.5 cm³/mol. The van der Waals surface area contributed by atoms with Crippen molar-refractivity contribution in [3.8, 4) is 0 Å². The van der Waals surface area contributed by atoms with Crippen molar-refractivity contribution in [3.05, 3.63) is 35.5 Å². The zero-order valence-electron chi connectivity index (χ0n) is 5.93. The van der Waals surface area contributed by atoms with E-state index in [4.69, 9.17) is 0 Å². The van der Waals surface area contributed by atoms with Crippen molar-refractivity contribution in [2.24, 2.45) is 11.8 Å². The largest absolute Gasteiger partial charge is 0.0986 e. The molecule has 0 aromatic heterocycles. The average molecular weight is 130 g/mol. The summed E-state index contributed by atoms with van der Waals surface area (Å²) in [6.45, 7) is 4.13. The summed E-state index contributed by atoms with van der Waals surface area (Å²) in [4.78, 5) is 0. The molecule has 0 nitrogen and oxygen atoms in total. The summed E-state index contributed by atoms with van der Waals surface area (Å²) in [7, 11) is 0. The average Bonchev–Trinajstić information content (AvgIpc) is 1.89. The van der Waals surface area contributed by atoms with Gasteiger partial charge in [-0.1, -0.05) is 24.3 Å². The lowest BCUT2D eigenvalue weighted by molar-refractivity contribution is 0.470. The van der Waals surface area contributed by atoms with Gasteiger partial charge in [0.1, 0.15) is 0 Å². The zero-order valence-corrected chi connectivity index (χ0v) is 5.93. The van der Waals surface area contributed by atoms with Gasteiger partial charge in [-0.3, -0.25) is 0 Å². The molecule has 1 saturated carbocycles. The molecule has 5 aliphatic rings. The van der Waals surface area contributed by atoms with Crippen LogP contribution in [-0.2, 0) is 0 Å². The Kier molecular flexibility index (Phi) is 0.639. The lowest BCUT2D eigenvalue weighted by Gasteiger charge is -2.46. The zero-order chi connectivity index (χ0) is 6.72. The minimum Gasteiger partial charge on any atom is -0.0986 e. The summed E-state index contributed by atoms with van der Waals surface area (Å²) in [5, 5.41) is 0. The van der Waals surface area contributed by atoms with Gasteiger partial charge in [0.15, 0.2) is 0 Å². The fourth-order valence-electron chi connectivity index (χ4n) is 2.40. The third-order valence-corrected chi connectivity index (χ3v) is 3.09. The Hall–Kier alpha value is -0.780. The Balaban J connectivity index is 2.27. The van der Waals surface area contributed by atoms with Crippen molar-refractivity contribution in [2.45, 2.75) is 12.8 Å². The molecule has 10 heavy (non-hydrogen) atoms. The van der Waals surface area contributed by atoms with Gasteiger partial charge in [0.2, 0.25) is 0 Å². The van der Waals surface area contributed by atoms with Gasteiger partial charge in [-0.05, 0) is 29.9 Å². The van der Waals surface area contributed by atoms with E-state index in [-0.39, 0.29) is 0 Å². The highest BCUT2D eigenvalue weighted by Gasteiger charge is 2.40. The van der Waals surface area contributed by atoms with Crippen LogP contribution in [-0.4, -0.2) is 0 Å². The van der Waals surface area contributed by atoms with Crippen molar-refractivity contribution >= 4 is 0 Å². The Morgan fingerprint density at radius 1 is 1.50 bits per heavy atom. The van der Waals surface area contributed by atoms with Crippen LogP contribution in [0.4, 0.5) is 0 Å². The third-order valence-electron chi connectivity index (χ3n) is 3.09. The van der Waals surface area contributed by atoms with Crippen LogP contribution in [0.5, 0.6) is 0 Å². The van der Waals surface area contributed by atoms with Crippen LogP contribution in [0.25, 0.3) is 0 Å². The summed E-state index contributed by atoms with van der Waals surface area (Å²) in [6.07, 6.45) is 7.34. The van der Waals surface area contributed by atoms with E-state index in [0.29, 0.717) is 5.92 Å². The number of hydrogen-bond acceptors (Lipinski definition) is 0.